The summed E-state index contributed by atoms with van der Waals surface area (Å²) in [5.74, 6) is 0.253. The van der Waals surface area contributed by atoms with Gasteiger partial charge in [-0.1, -0.05) is 0 Å². The molecule has 1 aromatic rings. The van der Waals surface area contributed by atoms with E-state index in [2.05, 4.69) is 4.99 Å². The Morgan fingerprint density at radius 2 is 1.96 bits per heavy atom. The van der Waals surface area contributed by atoms with Crippen LogP contribution in [-0.2, 0) is 20.7 Å². The van der Waals surface area contributed by atoms with Crippen molar-refractivity contribution in [3.63, 3.8) is 0 Å². The molecule has 0 saturated heterocycles. The molecule has 1 aliphatic heterocycles. The zero-order valence-electron chi connectivity index (χ0n) is 13.6. The Morgan fingerprint density at radius 3 is 2.57 bits per heavy atom. The molecule has 1 heterocycles. The molecule has 0 N–H and O–H groups in total. The van der Waals surface area contributed by atoms with Gasteiger partial charge in [0.25, 0.3) is 0 Å². The fourth-order valence-corrected chi connectivity index (χ4v) is 2.38. The lowest BCUT2D eigenvalue weighted by Gasteiger charge is -2.10. The van der Waals surface area contributed by atoms with Crippen LogP contribution < -0.4 is 9.47 Å². The Bertz CT molecular complexity index is 703. The first kappa shape index (κ1) is 16.7. The second-order valence-electron chi connectivity index (χ2n) is 4.92. The Morgan fingerprint density at radius 1 is 1.22 bits per heavy atom. The zero-order valence-corrected chi connectivity index (χ0v) is 13.6. The lowest BCUT2D eigenvalue weighted by molar-refractivity contribution is -0.139. The molecule has 0 unspecified atom stereocenters. The summed E-state index contributed by atoms with van der Waals surface area (Å²) in [6.45, 7) is 3.53. The molecule has 122 valence electrons. The monoisotopic (exact) mass is 317 g/mol. The number of allylic oxidation sites excluding steroid dienone is 1. The van der Waals surface area contributed by atoms with E-state index in [4.69, 9.17) is 14.2 Å². The van der Waals surface area contributed by atoms with Crippen LogP contribution >= 0.6 is 0 Å². The third-order valence-corrected chi connectivity index (χ3v) is 3.48. The summed E-state index contributed by atoms with van der Waals surface area (Å²) in [4.78, 5) is 28.5. The molecular formula is C17H19NO5. The van der Waals surface area contributed by atoms with Crippen LogP contribution in [0.25, 0.3) is 0 Å². The summed E-state index contributed by atoms with van der Waals surface area (Å²) in [5.41, 5.74) is 1.43. The molecule has 0 fully saturated rings. The Balaban J connectivity index is 2.25. The van der Waals surface area contributed by atoms with Crippen LogP contribution in [0.2, 0.25) is 0 Å². The van der Waals surface area contributed by atoms with E-state index in [1.165, 1.54) is 0 Å². The van der Waals surface area contributed by atoms with Crippen LogP contribution in [0.3, 0.4) is 0 Å². The molecule has 0 saturated carbocycles. The quantitative estimate of drug-likeness (QED) is 0.593. The normalized spacial score (nSPS) is 13.9. The lowest BCUT2D eigenvalue weighted by atomic mass is 10.0. The van der Waals surface area contributed by atoms with E-state index in [9.17, 15) is 9.59 Å². The van der Waals surface area contributed by atoms with Crippen LogP contribution in [-0.4, -0.2) is 38.3 Å². The average Bonchev–Trinajstić information content (AvgIpc) is 2.81. The van der Waals surface area contributed by atoms with Gasteiger partial charge in [-0.25, -0.2) is 4.79 Å². The average molecular weight is 317 g/mol. The predicted octanol–water partition coefficient (Wildman–Crippen LogP) is 2.11. The lowest BCUT2D eigenvalue weighted by Crippen LogP contribution is -2.21. The van der Waals surface area contributed by atoms with Crippen molar-refractivity contribution in [1.29, 1.82) is 0 Å². The summed E-state index contributed by atoms with van der Waals surface area (Å²) in [5, 5.41) is 0. The van der Waals surface area contributed by atoms with Crippen molar-refractivity contribution in [2.24, 2.45) is 4.99 Å². The fraction of sp³-hybridized carbons (Fsp3) is 0.353. The summed E-state index contributed by atoms with van der Waals surface area (Å²) in [7, 11) is 3.12. The van der Waals surface area contributed by atoms with Gasteiger partial charge in [0.1, 0.15) is 17.1 Å². The minimum atomic E-state index is -0.633. The molecule has 1 aromatic carbocycles. The van der Waals surface area contributed by atoms with Gasteiger partial charge in [0.05, 0.1) is 32.2 Å². The number of carbonyl (C=O) groups excluding carboxylic acids is 2. The minimum Gasteiger partial charge on any atom is -0.497 e. The molecule has 0 spiro atoms. The number of aliphatic imine (C=N–C) groups is 1. The number of Topliss-reactive ketones (excluding diaryl/α,β-unsaturated/α-hetero) is 1. The smallest absolute Gasteiger partial charge is 0.344 e. The standard InChI is InChI=1S/C17H19NO5/c1-5-23-17(20)15-10(2)18-13(16(15)19)9-11-8-12(21-3)6-7-14(11)22-4/h6-8H,5,9H2,1-4H3. The van der Waals surface area contributed by atoms with E-state index in [1.54, 1.807) is 46.3 Å². The van der Waals surface area contributed by atoms with Crippen molar-refractivity contribution < 1.29 is 23.8 Å². The first-order valence-corrected chi connectivity index (χ1v) is 7.23. The van der Waals surface area contributed by atoms with E-state index in [0.29, 0.717) is 17.2 Å². The van der Waals surface area contributed by atoms with E-state index in [-0.39, 0.29) is 24.3 Å². The van der Waals surface area contributed by atoms with Crippen LogP contribution in [0.1, 0.15) is 19.4 Å². The van der Waals surface area contributed by atoms with E-state index >= 15 is 0 Å². The molecule has 0 bridgehead atoms. The zero-order chi connectivity index (χ0) is 17.0. The third kappa shape index (κ3) is 3.41. The molecule has 2 rings (SSSR count). The maximum Gasteiger partial charge on any atom is 0.344 e. The van der Waals surface area contributed by atoms with Crippen molar-refractivity contribution in [2.75, 3.05) is 20.8 Å². The molecule has 0 aliphatic carbocycles. The summed E-state index contributed by atoms with van der Waals surface area (Å²) in [6.07, 6.45) is 0.249. The van der Waals surface area contributed by atoms with Gasteiger partial charge in [-0.15, -0.1) is 0 Å². The highest BCUT2D eigenvalue weighted by atomic mass is 16.5. The highest BCUT2D eigenvalue weighted by molar-refractivity contribution is 6.53. The van der Waals surface area contributed by atoms with Gasteiger partial charge < -0.3 is 14.2 Å². The Kier molecular flexibility index (Phi) is 5.16. The molecule has 0 amide bonds. The number of esters is 1. The van der Waals surface area contributed by atoms with Crippen LogP contribution in [0.4, 0.5) is 0 Å². The minimum absolute atomic E-state index is 0.00344. The number of rotatable bonds is 6. The number of hydrogen-bond donors (Lipinski definition) is 0. The molecule has 0 radical (unpaired) electrons. The number of ether oxygens (including phenoxy) is 3. The van der Waals surface area contributed by atoms with Gasteiger partial charge in [0, 0.05) is 12.0 Å². The number of nitrogens with zero attached hydrogens (tertiary/aromatic N) is 1. The number of methoxy groups -OCH3 is 2. The highest BCUT2D eigenvalue weighted by Gasteiger charge is 2.32. The van der Waals surface area contributed by atoms with E-state index in [0.717, 1.165) is 5.56 Å². The topological polar surface area (TPSA) is 74.2 Å². The van der Waals surface area contributed by atoms with Crippen molar-refractivity contribution in [3.05, 3.63) is 35.0 Å². The Labute approximate surface area is 134 Å². The number of ketones is 1. The summed E-state index contributed by atoms with van der Waals surface area (Å²) in [6, 6.07) is 5.32. The van der Waals surface area contributed by atoms with Gasteiger partial charge in [-0.05, 0) is 32.0 Å². The second-order valence-corrected chi connectivity index (χ2v) is 4.92. The van der Waals surface area contributed by atoms with Crippen molar-refractivity contribution >= 4 is 17.5 Å². The van der Waals surface area contributed by atoms with Crippen LogP contribution in [0.5, 0.6) is 11.5 Å². The van der Waals surface area contributed by atoms with Crippen molar-refractivity contribution in [3.8, 4) is 11.5 Å². The van der Waals surface area contributed by atoms with Gasteiger partial charge in [0.2, 0.25) is 5.78 Å². The fourth-order valence-electron chi connectivity index (χ4n) is 2.38. The Hall–Kier alpha value is -2.63. The van der Waals surface area contributed by atoms with Crippen molar-refractivity contribution in [2.45, 2.75) is 20.3 Å². The molecule has 6 heteroatoms. The third-order valence-electron chi connectivity index (χ3n) is 3.48. The van der Waals surface area contributed by atoms with Crippen LogP contribution in [0, 0.1) is 0 Å². The van der Waals surface area contributed by atoms with Gasteiger partial charge in [-0.2, -0.15) is 0 Å². The maximum atomic E-state index is 12.4. The van der Waals surface area contributed by atoms with Gasteiger partial charge in [-0.3, -0.25) is 9.79 Å². The van der Waals surface area contributed by atoms with E-state index < -0.39 is 11.8 Å². The number of hydrogen-bond acceptors (Lipinski definition) is 6. The van der Waals surface area contributed by atoms with Gasteiger partial charge in [0.15, 0.2) is 0 Å². The number of benzene rings is 1. The van der Waals surface area contributed by atoms with Gasteiger partial charge >= 0.3 is 5.97 Å². The molecule has 0 aromatic heterocycles. The summed E-state index contributed by atoms with van der Waals surface area (Å²) < 4.78 is 15.4. The van der Waals surface area contributed by atoms with Crippen molar-refractivity contribution in [1.82, 2.24) is 0 Å². The summed E-state index contributed by atoms with van der Waals surface area (Å²) >= 11 is 0. The first-order chi connectivity index (χ1) is 11.0. The number of carbonyl (C=O) groups is 2. The molecule has 6 nitrogen and oxygen atoms in total. The highest BCUT2D eigenvalue weighted by Crippen LogP contribution is 2.27. The predicted molar refractivity (Wildman–Crippen MR) is 85.0 cm³/mol. The van der Waals surface area contributed by atoms with E-state index in [1.807, 2.05) is 0 Å². The largest absolute Gasteiger partial charge is 0.497 e. The molecular weight excluding hydrogens is 298 g/mol. The second kappa shape index (κ2) is 7.09. The molecule has 1 aliphatic rings. The SMILES string of the molecule is CCOC(=O)C1=C(C)N=C(Cc2cc(OC)ccc2OC)C1=O. The maximum absolute atomic E-state index is 12.4. The van der Waals surface area contributed by atoms with Crippen LogP contribution in [0.15, 0.2) is 34.5 Å². The molecule has 23 heavy (non-hydrogen) atoms. The molecule has 0 atom stereocenters. The first-order valence-electron chi connectivity index (χ1n) is 7.23.